The van der Waals surface area contributed by atoms with Crippen LogP contribution >= 0.6 is 0 Å². The minimum absolute atomic E-state index is 0.135. The Balaban J connectivity index is 2.05. The molecule has 2 rings (SSSR count). The molecule has 0 amide bonds. The SMILES string of the molecule is CC(N)Cc1ccccc1OCc1ccncc1. The quantitative estimate of drug-likeness (QED) is 0.876. The first-order valence-corrected chi connectivity index (χ1v) is 6.11. The van der Waals surface area contributed by atoms with Crippen LogP contribution in [0, 0.1) is 0 Å². The summed E-state index contributed by atoms with van der Waals surface area (Å²) in [5, 5.41) is 0. The van der Waals surface area contributed by atoms with E-state index in [0.29, 0.717) is 6.61 Å². The van der Waals surface area contributed by atoms with Gasteiger partial charge in [0, 0.05) is 18.4 Å². The molecule has 0 aliphatic carbocycles. The van der Waals surface area contributed by atoms with Crippen molar-refractivity contribution < 1.29 is 4.74 Å². The second-order valence-electron chi connectivity index (χ2n) is 4.43. The minimum Gasteiger partial charge on any atom is -0.489 e. The van der Waals surface area contributed by atoms with Crippen molar-refractivity contribution in [2.45, 2.75) is 26.0 Å². The zero-order valence-electron chi connectivity index (χ0n) is 10.5. The molecule has 0 saturated carbocycles. The van der Waals surface area contributed by atoms with Crippen LogP contribution in [0.15, 0.2) is 48.8 Å². The summed E-state index contributed by atoms with van der Waals surface area (Å²) in [7, 11) is 0. The van der Waals surface area contributed by atoms with Gasteiger partial charge in [-0.1, -0.05) is 18.2 Å². The average molecular weight is 242 g/mol. The van der Waals surface area contributed by atoms with Crippen LogP contribution in [0.4, 0.5) is 0 Å². The van der Waals surface area contributed by atoms with Crippen LogP contribution in [0.2, 0.25) is 0 Å². The molecule has 0 aliphatic rings. The molecule has 1 atom stereocenters. The Morgan fingerprint density at radius 1 is 1.17 bits per heavy atom. The van der Waals surface area contributed by atoms with Gasteiger partial charge in [0.15, 0.2) is 0 Å². The molecule has 0 aliphatic heterocycles. The van der Waals surface area contributed by atoms with Crippen LogP contribution in [0.5, 0.6) is 5.75 Å². The van der Waals surface area contributed by atoms with Gasteiger partial charge in [0.2, 0.25) is 0 Å². The van der Waals surface area contributed by atoms with Gasteiger partial charge in [0.1, 0.15) is 12.4 Å². The van der Waals surface area contributed by atoms with Gasteiger partial charge in [-0.2, -0.15) is 0 Å². The third-order valence-corrected chi connectivity index (χ3v) is 2.66. The number of pyridine rings is 1. The zero-order valence-corrected chi connectivity index (χ0v) is 10.5. The normalized spacial score (nSPS) is 12.1. The van der Waals surface area contributed by atoms with E-state index >= 15 is 0 Å². The molecule has 0 fully saturated rings. The number of benzene rings is 1. The fourth-order valence-electron chi connectivity index (χ4n) is 1.80. The Hall–Kier alpha value is -1.87. The molecule has 3 heteroatoms. The van der Waals surface area contributed by atoms with Crippen molar-refractivity contribution in [2.75, 3.05) is 0 Å². The molecule has 0 spiro atoms. The highest BCUT2D eigenvalue weighted by molar-refractivity contribution is 5.34. The molecule has 1 heterocycles. The highest BCUT2D eigenvalue weighted by Crippen LogP contribution is 2.20. The molecule has 1 aromatic heterocycles. The maximum atomic E-state index is 5.84. The number of hydrogen-bond acceptors (Lipinski definition) is 3. The van der Waals surface area contributed by atoms with Crippen LogP contribution in [0.25, 0.3) is 0 Å². The van der Waals surface area contributed by atoms with E-state index in [4.69, 9.17) is 10.5 Å². The lowest BCUT2D eigenvalue weighted by molar-refractivity contribution is 0.302. The molecule has 0 saturated heterocycles. The maximum absolute atomic E-state index is 5.84. The minimum atomic E-state index is 0.135. The lowest BCUT2D eigenvalue weighted by Crippen LogP contribution is -2.18. The van der Waals surface area contributed by atoms with Gasteiger partial charge in [-0.3, -0.25) is 4.98 Å². The van der Waals surface area contributed by atoms with Crippen molar-refractivity contribution in [3.05, 3.63) is 59.9 Å². The highest BCUT2D eigenvalue weighted by atomic mass is 16.5. The van der Waals surface area contributed by atoms with Crippen molar-refractivity contribution in [1.82, 2.24) is 4.98 Å². The molecular weight excluding hydrogens is 224 g/mol. The molecule has 2 aromatic rings. The van der Waals surface area contributed by atoms with E-state index in [1.807, 2.05) is 37.3 Å². The number of nitrogens with two attached hydrogens (primary N) is 1. The van der Waals surface area contributed by atoms with Gasteiger partial charge >= 0.3 is 0 Å². The van der Waals surface area contributed by atoms with E-state index in [0.717, 1.165) is 23.3 Å². The van der Waals surface area contributed by atoms with Crippen molar-refractivity contribution in [1.29, 1.82) is 0 Å². The number of para-hydroxylation sites is 1. The van der Waals surface area contributed by atoms with Gasteiger partial charge in [-0.15, -0.1) is 0 Å². The largest absolute Gasteiger partial charge is 0.489 e. The van der Waals surface area contributed by atoms with Crippen LogP contribution < -0.4 is 10.5 Å². The van der Waals surface area contributed by atoms with Gasteiger partial charge in [-0.25, -0.2) is 0 Å². The number of ether oxygens (including phenoxy) is 1. The Labute approximate surface area is 108 Å². The van der Waals surface area contributed by atoms with Crippen molar-refractivity contribution in [2.24, 2.45) is 5.73 Å². The van der Waals surface area contributed by atoms with Gasteiger partial charge in [0.05, 0.1) is 0 Å². The van der Waals surface area contributed by atoms with Crippen molar-refractivity contribution in [3.63, 3.8) is 0 Å². The van der Waals surface area contributed by atoms with Gasteiger partial charge < -0.3 is 10.5 Å². The van der Waals surface area contributed by atoms with Crippen LogP contribution in [-0.2, 0) is 13.0 Å². The van der Waals surface area contributed by atoms with E-state index in [1.165, 1.54) is 0 Å². The Bertz CT molecular complexity index is 483. The third kappa shape index (κ3) is 3.57. The van der Waals surface area contributed by atoms with Gasteiger partial charge in [-0.05, 0) is 42.7 Å². The molecule has 0 radical (unpaired) electrons. The summed E-state index contributed by atoms with van der Waals surface area (Å²) in [5.74, 6) is 0.909. The van der Waals surface area contributed by atoms with E-state index in [1.54, 1.807) is 12.4 Å². The molecule has 1 unspecified atom stereocenters. The molecule has 94 valence electrons. The predicted molar refractivity (Wildman–Crippen MR) is 72.4 cm³/mol. The topological polar surface area (TPSA) is 48.1 Å². The van der Waals surface area contributed by atoms with E-state index in [-0.39, 0.29) is 6.04 Å². The predicted octanol–water partition coefficient (Wildman–Crippen LogP) is 2.55. The number of rotatable bonds is 5. The number of aromatic nitrogens is 1. The number of nitrogens with zero attached hydrogens (tertiary/aromatic N) is 1. The molecule has 1 aromatic carbocycles. The summed E-state index contributed by atoms with van der Waals surface area (Å²) in [6, 6.07) is 12.1. The zero-order chi connectivity index (χ0) is 12.8. The first-order chi connectivity index (χ1) is 8.75. The number of hydrogen-bond donors (Lipinski definition) is 1. The fraction of sp³-hybridized carbons (Fsp3) is 0.267. The lowest BCUT2D eigenvalue weighted by Gasteiger charge is -2.12. The second kappa shape index (κ2) is 6.17. The smallest absolute Gasteiger partial charge is 0.123 e. The van der Waals surface area contributed by atoms with Crippen molar-refractivity contribution >= 4 is 0 Å². The second-order valence-corrected chi connectivity index (χ2v) is 4.43. The summed E-state index contributed by atoms with van der Waals surface area (Å²) in [6.45, 7) is 2.55. The molecule has 2 N–H and O–H groups in total. The third-order valence-electron chi connectivity index (χ3n) is 2.66. The highest BCUT2D eigenvalue weighted by Gasteiger charge is 2.05. The van der Waals surface area contributed by atoms with E-state index in [2.05, 4.69) is 11.1 Å². The summed E-state index contributed by atoms with van der Waals surface area (Å²) in [5.41, 5.74) is 8.10. The summed E-state index contributed by atoms with van der Waals surface area (Å²) in [6.07, 6.45) is 4.37. The van der Waals surface area contributed by atoms with Crippen LogP contribution in [-0.4, -0.2) is 11.0 Å². The Morgan fingerprint density at radius 2 is 1.89 bits per heavy atom. The Kier molecular flexibility index (Phi) is 4.31. The van der Waals surface area contributed by atoms with Gasteiger partial charge in [0.25, 0.3) is 0 Å². The first kappa shape index (κ1) is 12.6. The molecule has 3 nitrogen and oxygen atoms in total. The first-order valence-electron chi connectivity index (χ1n) is 6.11. The standard InChI is InChI=1S/C15H18N2O/c1-12(16)10-14-4-2-3-5-15(14)18-11-13-6-8-17-9-7-13/h2-9,12H,10-11,16H2,1H3. The maximum Gasteiger partial charge on any atom is 0.123 e. The monoisotopic (exact) mass is 242 g/mol. The van der Waals surface area contributed by atoms with E-state index < -0.39 is 0 Å². The summed E-state index contributed by atoms with van der Waals surface area (Å²) in [4.78, 5) is 3.99. The fourth-order valence-corrected chi connectivity index (χ4v) is 1.80. The van der Waals surface area contributed by atoms with Crippen LogP contribution in [0.1, 0.15) is 18.1 Å². The van der Waals surface area contributed by atoms with Crippen LogP contribution in [0.3, 0.4) is 0 Å². The summed E-state index contributed by atoms with van der Waals surface area (Å²) >= 11 is 0. The Morgan fingerprint density at radius 3 is 2.61 bits per heavy atom. The summed E-state index contributed by atoms with van der Waals surface area (Å²) < 4.78 is 5.84. The van der Waals surface area contributed by atoms with Crippen molar-refractivity contribution in [3.8, 4) is 5.75 Å². The molecular formula is C15H18N2O. The molecule has 18 heavy (non-hydrogen) atoms. The lowest BCUT2D eigenvalue weighted by atomic mass is 10.1. The average Bonchev–Trinajstić information content (AvgIpc) is 2.38. The molecule has 0 bridgehead atoms. The van der Waals surface area contributed by atoms with E-state index in [9.17, 15) is 0 Å².